The molecule has 0 saturated carbocycles. The van der Waals surface area contributed by atoms with Crippen LogP contribution in [0.2, 0.25) is 0 Å². The van der Waals surface area contributed by atoms with Gasteiger partial charge in [-0.15, -0.1) is 11.3 Å². The van der Waals surface area contributed by atoms with E-state index in [0.29, 0.717) is 11.2 Å². The zero-order chi connectivity index (χ0) is 21.3. The second-order valence-electron chi connectivity index (χ2n) is 8.59. The number of anilines is 2. The number of amidine groups is 1. The molecule has 2 N–H and O–H groups in total. The number of hydrogen-bond donors (Lipinski definition) is 2. The van der Waals surface area contributed by atoms with E-state index in [9.17, 15) is 4.79 Å². The van der Waals surface area contributed by atoms with Crippen molar-refractivity contribution in [1.29, 1.82) is 0 Å². The van der Waals surface area contributed by atoms with Gasteiger partial charge in [0.25, 0.3) is 0 Å². The largest absolute Gasteiger partial charge is 0.411 e. The fraction of sp³-hybridized carbons (Fsp3) is 0.455. The van der Waals surface area contributed by atoms with Crippen molar-refractivity contribution in [2.24, 2.45) is 4.99 Å². The smallest absolute Gasteiger partial charge is 0.399 e. The van der Waals surface area contributed by atoms with Gasteiger partial charge in [0.15, 0.2) is 0 Å². The van der Waals surface area contributed by atoms with Gasteiger partial charge in [-0.2, -0.15) is 0 Å². The summed E-state index contributed by atoms with van der Waals surface area (Å²) < 4.78 is 6.18. The molecule has 0 atom stereocenters. The molecule has 0 spiro atoms. The number of amides is 1. The molecule has 0 bridgehead atoms. The van der Waals surface area contributed by atoms with E-state index in [2.05, 4.69) is 47.7 Å². The van der Waals surface area contributed by atoms with Gasteiger partial charge in [-0.3, -0.25) is 4.48 Å². The zero-order valence-electron chi connectivity index (χ0n) is 18.1. The molecule has 160 valence electrons. The number of likely N-dealkylation sites (N-methyl/N-ethyl adjacent to an activating group) is 1. The first-order valence-corrected chi connectivity index (χ1v) is 11.2. The van der Waals surface area contributed by atoms with Crippen molar-refractivity contribution in [2.75, 3.05) is 45.3 Å². The van der Waals surface area contributed by atoms with E-state index in [1.54, 1.807) is 11.3 Å². The van der Waals surface area contributed by atoms with Crippen molar-refractivity contribution in [3.05, 3.63) is 40.8 Å². The zero-order valence-corrected chi connectivity index (χ0v) is 18.9. The van der Waals surface area contributed by atoms with Crippen LogP contribution in [0.3, 0.4) is 0 Å². The number of aryl methyl sites for hydroxylation is 1. The maximum atomic E-state index is 11.9. The number of carbonyl (C=O) groups is 1. The number of carbonyl (C=O) groups excluding carboxylic acids is 1. The van der Waals surface area contributed by atoms with Crippen LogP contribution in [0.15, 0.2) is 35.3 Å². The maximum Gasteiger partial charge on any atom is 0.411 e. The minimum Gasteiger partial charge on any atom is -0.399 e. The van der Waals surface area contributed by atoms with E-state index in [4.69, 9.17) is 9.73 Å². The minimum absolute atomic E-state index is 0.0765. The molecule has 3 heterocycles. The third kappa shape index (κ3) is 4.44. The van der Waals surface area contributed by atoms with Crippen LogP contribution in [0.5, 0.6) is 0 Å². The summed E-state index contributed by atoms with van der Waals surface area (Å²) in [5, 5.41) is 7.50. The van der Waals surface area contributed by atoms with Gasteiger partial charge in [-0.05, 0) is 39.0 Å². The lowest BCUT2D eigenvalue weighted by molar-refractivity contribution is -0.928. The summed E-state index contributed by atoms with van der Waals surface area (Å²) in [6.07, 6.45) is -0.346. The van der Waals surface area contributed by atoms with Crippen molar-refractivity contribution in [2.45, 2.75) is 26.8 Å². The third-order valence-corrected chi connectivity index (χ3v) is 6.47. The molecule has 0 unspecified atom stereocenters. The molecule has 2 aliphatic rings. The Morgan fingerprint density at radius 3 is 2.80 bits per heavy atom. The van der Waals surface area contributed by atoms with Gasteiger partial charge >= 0.3 is 6.09 Å². The molecule has 8 heteroatoms. The van der Waals surface area contributed by atoms with Crippen molar-refractivity contribution in [3.63, 3.8) is 0 Å². The average molecular weight is 429 g/mol. The molecule has 2 aliphatic heterocycles. The lowest BCUT2D eigenvalue weighted by atomic mass is 10.2. The normalized spacial score (nSPS) is 17.4. The summed E-state index contributed by atoms with van der Waals surface area (Å²) in [7, 11) is 2.14. The number of aliphatic imine (C=N–C) groups is 1. The Hall–Kier alpha value is -2.58. The number of ether oxygens (including phenoxy) is 1. The van der Waals surface area contributed by atoms with Crippen molar-refractivity contribution < 1.29 is 14.0 Å². The lowest BCUT2D eigenvalue weighted by Crippen LogP contribution is -2.59. The standard InChI is InChI=1S/C22H29N5O2S/c1-15(2)23-22(28)29-14-27(4)11-9-26(10-12-27)20-17-13-16(3)30-21(17)25-19-8-6-5-7-18(19)24-20/h5-8,13,15H,9-12,14H2,1-4H3,(H-,23,24,25,28)/p+1. The van der Waals surface area contributed by atoms with Crippen LogP contribution in [0.1, 0.15) is 24.3 Å². The molecule has 7 nitrogen and oxygen atoms in total. The number of quaternary nitrogens is 1. The first-order valence-electron chi connectivity index (χ1n) is 10.4. The van der Waals surface area contributed by atoms with Gasteiger partial charge in [0.05, 0.1) is 50.2 Å². The van der Waals surface area contributed by atoms with Crippen molar-refractivity contribution in [1.82, 2.24) is 10.2 Å². The number of alkyl carbamates (subject to hydrolysis) is 1. The topological polar surface area (TPSA) is 66.0 Å². The third-order valence-electron chi connectivity index (χ3n) is 5.51. The number of para-hydroxylation sites is 2. The van der Waals surface area contributed by atoms with Crippen molar-refractivity contribution in [3.8, 4) is 0 Å². The van der Waals surface area contributed by atoms with Crippen LogP contribution in [0.25, 0.3) is 0 Å². The molecular weight excluding hydrogens is 398 g/mol. The Kier molecular flexibility index (Phi) is 5.71. The molecule has 1 fully saturated rings. The molecule has 1 aromatic carbocycles. The van der Waals surface area contributed by atoms with Crippen LogP contribution >= 0.6 is 11.3 Å². The second-order valence-corrected chi connectivity index (χ2v) is 9.85. The van der Waals surface area contributed by atoms with Crippen LogP contribution in [0, 0.1) is 6.92 Å². The predicted molar refractivity (Wildman–Crippen MR) is 122 cm³/mol. The van der Waals surface area contributed by atoms with E-state index in [1.165, 1.54) is 4.88 Å². The van der Waals surface area contributed by atoms with Crippen LogP contribution in [-0.2, 0) is 4.74 Å². The van der Waals surface area contributed by atoms with E-state index in [0.717, 1.165) is 54.0 Å². The van der Waals surface area contributed by atoms with Gasteiger partial charge in [-0.25, -0.2) is 9.79 Å². The summed E-state index contributed by atoms with van der Waals surface area (Å²) in [5.41, 5.74) is 3.17. The van der Waals surface area contributed by atoms with E-state index in [1.807, 2.05) is 26.0 Å². The van der Waals surface area contributed by atoms with Gasteiger partial charge < -0.3 is 20.3 Å². The van der Waals surface area contributed by atoms with Gasteiger partial charge in [0.2, 0.25) is 6.73 Å². The minimum atomic E-state index is -0.346. The molecular formula is C22H30N5O2S+. The lowest BCUT2D eigenvalue weighted by Gasteiger charge is -2.42. The van der Waals surface area contributed by atoms with Gasteiger partial charge in [-0.1, -0.05) is 12.1 Å². The first kappa shape index (κ1) is 20.7. The van der Waals surface area contributed by atoms with Crippen molar-refractivity contribution >= 4 is 39.6 Å². The molecule has 1 aromatic heterocycles. The van der Waals surface area contributed by atoms with E-state index >= 15 is 0 Å². The number of rotatable bonds is 3. The number of benzene rings is 1. The summed E-state index contributed by atoms with van der Waals surface area (Å²) in [6.45, 7) is 9.87. The maximum absolute atomic E-state index is 11.9. The molecule has 1 amide bonds. The van der Waals surface area contributed by atoms with Crippen LogP contribution in [0.4, 0.5) is 21.2 Å². The van der Waals surface area contributed by atoms with Crippen LogP contribution in [-0.4, -0.2) is 67.3 Å². The first-order chi connectivity index (χ1) is 14.3. The Morgan fingerprint density at radius 1 is 1.33 bits per heavy atom. The summed E-state index contributed by atoms with van der Waals surface area (Å²) in [6, 6.07) is 10.5. The second kappa shape index (κ2) is 8.28. The molecule has 0 aliphatic carbocycles. The highest BCUT2D eigenvalue weighted by molar-refractivity contribution is 7.16. The molecule has 2 aromatic rings. The number of thiophene rings is 1. The molecule has 0 radical (unpaired) electrons. The number of hydrogen-bond acceptors (Lipinski definition) is 6. The Morgan fingerprint density at radius 2 is 2.07 bits per heavy atom. The quantitative estimate of drug-likeness (QED) is 0.724. The SMILES string of the molecule is Cc1cc2c(s1)Nc1ccccc1N=C2N1CC[N+](C)(COC(=O)NC(C)C)CC1. The number of nitrogens with zero attached hydrogens (tertiary/aromatic N) is 3. The Balaban J connectivity index is 1.50. The fourth-order valence-corrected chi connectivity index (χ4v) is 4.69. The summed E-state index contributed by atoms with van der Waals surface area (Å²) in [4.78, 5) is 20.6. The Bertz CT molecular complexity index is 960. The number of fused-ring (bicyclic) bond motifs is 2. The number of piperazine rings is 1. The summed E-state index contributed by atoms with van der Waals surface area (Å²) >= 11 is 1.76. The van der Waals surface area contributed by atoms with Crippen LogP contribution < -0.4 is 10.6 Å². The highest BCUT2D eigenvalue weighted by atomic mass is 32.1. The highest BCUT2D eigenvalue weighted by Gasteiger charge is 2.33. The predicted octanol–water partition coefficient (Wildman–Crippen LogP) is 4.05. The Labute approximate surface area is 181 Å². The van der Waals surface area contributed by atoms with Gasteiger partial charge in [0.1, 0.15) is 10.8 Å². The summed E-state index contributed by atoms with van der Waals surface area (Å²) in [5.74, 6) is 1.02. The van der Waals surface area contributed by atoms with E-state index in [-0.39, 0.29) is 12.1 Å². The van der Waals surface area contributed by atoms with E-state index < -0.39 is 0 Å². The molecule has 4 rings (SSSR count). The monoisotopic (exact) mass is 428 g/mol. The highest BCUT2D eigenvalue weighted by Crippen LogP contribution is 2.39. The molecule has 30 heavy (non-hydrogen) atoms. The van der Waals surface area contributed by atoms with Gasteiger partial charge in [0, 0.05) is 10.9 Å². The molecule has 1 saturated heterocycles. The fourth-order valence-electron chi connectivity index (χ4n) is 3.77. The number of nitrogens with one attached hydrogen (secondary N) is 2. The average Bonchev–Trinajstić information content (AvgIpc) is 2.99.